The minimum Gasteiger partial charge on any atom is -0.391 e. The average Bonchev–Trinajstić information content (AvgIpc) is 2.46. The van der Waals surface area contributed by atoms with E-state index in [9.17, 15) is 0 Å². The normalized spacial score (nSPS) is 12.3. The highest BCUT2D eigenvalue weighted by Crippen LogP contribution is 2.12. The van der Waals surface area contributed by atoms with Crippen LogP contribution in [-0.4, -0.2) is 20.2 Å². The van der Waals surface area contributed by atoms with E-state index in [4.69, 9.17) is 8.85 Å². The second kappa shape index (κ2) is 9.72. The van der Waals surface area contributed by atoms with Crippen molar-refractivity contribution in [3.05, 3.63) is 53.4 Å². The Balaban J connectivity index is 2.30. The summed E-state index contributed by atoms with van der Waals surface area (Å²) in [5.41, 5.74) is 3.83. The van der Waals surface area contributed by atoms with Crippen molar-refractivity contribution in [3.8, 4) is 0 Å². The van der Waals surface area contributed by atoms with Gasteiger partial charge in [0.2, 0.25) is 0 Å². The van der Waals surface area contributed by atoms with Crippen molar-refractivity contribution in [2.24, 2.45) is 0 Å². The Labute approximate surface area is 136 Å². The maximum absolute atomic E-state index is 5.95. The van der Waals surface area contributed by atoms with Crippen LogP contribution in [0.2, 0.25) is 13.1 Å². The number of hydrogen-bond donors (Lipinski definition) is 0. The van der Waals surface area contributed by atoms with E-state index in [0.717, 1.165) is 18.4 Å². The molecule has 22 heavy (non-hydrogen) atoms. The minimum absolute atomic E-state index is 0.566. The van der Waals surface area contributed by atoms with Crippen molar-refractivity contribution >= 4 is 8.56 Å². The van der Waals surface area contributed by atoms with Gasteiger partial charge in [0.05, 0.1) is 13.2 Å². The van der Waals surface area contributed by atoms with E-state index in [1.165, 1.54) is 11.1 Å². The number of rotatable bonds is 9. The fraction of sp³-hybridized carbons (Fsp3) is 0.500. The monoisotopic (exact) mass is 319 g/mol. The molecule has 0 saturated carbocycles. The van der Waals surface area contributed by atoms with Gasteiger partial charge >= 0.3 is 8.56 Å². The highest BCUT2D eigenvalue weighted by molar-refractivity contribution is 6.64. The molecule has 0 spiro atoms. The fourth-order valence-electron chi connectivity index (χ4n) is 1.86. The molecular formula is C18H29NO2Si. The van der Waals surface area contributed by atoms with Gasteiger partial charge in [0, 0.05) is 12.4 Å². The van der Waals surface area contributed by atoms with Crippen LogP contribution >= 0.6 is 0 Å². The molecule has 0 fully saturated rings. The third-order valence-corrected chi connectivity index (χ3v) is 4.96. The van der Waals surface area contributed by atoms with E-state index < -0.39 is 8.56 Å². The Morgan fingerprint density at radius 3 is 2.59 bits per heavy atom. The van der Waals surface area contributed by atoms with Crippen LogP contribution in [0.1, 0.15) is 39.2 Å². The molecule has 4 heteroatoms. The molecule has 1 aromatic heterocycles. The summed E-state index contributed by atoms with van der Waals surface area (Å²) in [5, 5.41) is 0. The van der Waals surface area contributed by atoms with Gasteiger partial charge in [-0.2, -0.15) is 0 Å². The van der Waals surface area contributed by atoms with E-state index in [-0.39, 0.29) is 0 Å². The van der Waals surface area contributed by atoms with Crippen LogP contribution in [-0.2, 0) is 15.5 Å². The lowest BCUT2D eigenvalue weighted by atomic mass is 10.1. The summed E-state index contributed by atoms with van der Waals surface area (Å²) in [6.07, 6.45) is 10.2. The van der Waals surface area contributed by atoms with Crippen LogP contribution in [0, 0.1) is 0 Å². The van der Waals surface area contributed by atoms with Gasteiger partial charge < -0.3 is 8.85 Å². The molecular weight excluding hydrogens is 290 g/mol. The molecule has 0 aliphatic carbocycles. The van der Waals surface area contributed by atoms with E-state index in [1.54, 1.807) is 6.20 Å². The van der Waals surface area contributed by atoms with Crippen LogP contribution in [0.5, 0.6) is 0 Å². The molecule has 1 rings (SSSR count). The van der Waals surface area contributed by atoms with E-state index in [2.05, 4.69) is 51.0 Å². The predicted molar refractivity (Wildman–Crippen MR) is 94.9 cm³/mol. The van der Waals surface area contributed by atoms with Gasteiger partial charge in [-0.3, -0.25) is 4.98 Å². The largest absolute Gasteiger partial charge is 0.391 e. The number of aromatic nitrogens is 1. The molecule has 0 radical (unpaired) electrons. The third kappa shape index (κ3) is 8.92. The van der Waals surface area contributed by atoms with E-state index in [0.29, 0.717) is 13.2 Å². The molecule has 1 aromatic rings. The van der Waals surface area contributed by atoms with Crippen molar-refractivity contribution in [2.45, 2.75) is 53.3 Å². The van der Waals surface area contributed by atoms with Crippen LogP contribution in [0.15, 0.2) is 47.8 Å². The van der Waals surface area contributed by atoms with Gasteiger partial charge in [-0.15, -0.1) is 0 Å². The molecule has 0 saturated heterocycles. The fourth-order valence-corrected chi connectivity index (χ4v) is 2.94. The summed E-state index contributed by atoms with van der Waals surface area (Å²) in [5.74, 6) is 0. The summed E-state index contributed by atoms with van der Waals surface area (Å²) in [7, 11) is -2.09. The van der Waals surface area contributed by atoms with Crippen molar-refractivity contribution in [1.29, 1.82) is 0 Å². The molecule has 1 heterocycles. The zero-order chi connectivity index (χ0) is 16.4. The number of pyridine rings is 1. The second-order valence-corrected chi connectivity index (χ2v) is 9.61. The van der Waals surface area contributed by atoms with Crippen LogP contribution in [0.3, 0.4) is 0 Å². The van der Waals surface area contributed by atoms with E-state index >= 15 is 0 Å². The van der Waals surface area contributed by atoms with Gasteiger partial charge in [-0.25, -0.2) is 0 Å². The summed E-state index contributed by atoms with van der Waals surface area (Å²) in [6, 6.07) is 3.94. The molecule has 0 aliphatic heterocycles. The molecule has 0 unspecified atom stereocenters. The first kappa shape index (κ1) is 18.8. The molecule has 0 amide bonds. The first-order valence-corrected chi connectivity index (χ1v) is 10.7. The van der Waals surface area contributed by atoms with E-state index in [1.807, 2.05) is 18.3 Å². The molecule has 0 N–H and O–H groups in total. The maximum Gasteiger partial charge on any atom is 0.332 e. The second-order valence-electron chi connectivity index (χ2n) is 6.23. The Kier molecular flexibility index (Phi) is 8.31. The van der Waals surface area contributed by atoms with Gasteiger partial charge in [0.1, 0.15) is 0 Å². The summed E-state index contributed by atoms with van der Waals surface area (Å²) in [4.78, 5) is 4.09. The van der Waals surface area contributed by atoms with Crippen molar-refractivity contribution < 1.29 is 8.85 Å². The smallest absolute Gasteiger partial charge is 0.332 e. The lowest BCUT2D eigenvalue weighted by Gasteiger charge is -2.22. The number of allylic oxidation sites excluding steroid dienone is 3. The zero-order valence-electron chi connectivity index (χ0n) is 14.6. The van der Waals surface area contributed by atoms with Crippen LogP contribution < -0.4 is 0 Å². The summed E-state index contributed by atoms with van der Waals surface area (Å²) >= 11 is 0. The minimum atomic E-state index is -2.09. The number of hydrogen-bond acceptors (Lipinski definition) is 3. The Morgan fingerprint density at radius 2 is 1.95 bits per heavy atom. The summed E-state index contributed by atoms with van der Waals surface area (Å²) in [6.45, 7) is 11.8. The summed E-state index contributed by atoms with van der Waals surface area (Å²) < 4.78 is 11.9. The van der Waals surface area contributed by atoms with Crippen molar-refractivity contribution in [1.82, 2.24) is 4.98 Å². The lowest BCUT2D eigenvalue weighted by Crippen LogP contribution is -2.34. The highest BCUT2D eigenvalue weighted by Gasteiger charge is 2.24. The Morgan fingerprint density at radius 1 is 1.18 bits per heavy atom. The zero-order valence-corrected chi connectivity index (χ0v) is 15.6. The lowest BCUT2D eigenvalue weighted by molar-refractivity contribution is 0.186. The standard InChI is InChI=1S/C18H29NO2Si/c1-16(2)8-6-9-17(3)11-13-20-22(4,5)21-15-18-10-7-12-19-14-18/h7-8,10-12,14H,6,9,13,15H2,1-5H3/b17-11-. The van der Waals surface area contributed by atoms with Gasteiger partial charge in [0.25, 0.3) is 0 Å². The molecule has 122 valence electrons. The molecule has 3 nitrogen and oxygen atoms in total. The molecule has 0 atom stereocenters. The number of nitrogens with zero attached hydrogens (tertiary/aromatic N) is 1. The first-order chi connectivity index (χ1) is 10.4. The third-order valence-electron chi connectivity index (χ3n) is 3.26. The predicted octanol–water partition coefficient (Wildman–Crippen LogP) is 5.01. The Hall–Kier alpha value is -1.23. The van der Waals surface area contributed by atoms with Gasteiger partial charge in [-0.05, 0) is 58.3 Å². The van der Waals surface area contributed by atoms with Crippen molar-refractivity contribution in [3.63, 3.8) is 0 Å². The molecule has 0 aromatic carbocycles. The molecule has 0 aliphatic rings. The topological polar surface area (TPSA) is 31.4 Å². The maximum atomic E-state index is 5.95. The van der Waals surface area contributed by atoms with Crippen molar-refractivity contribution in [2.75, 3.05) is 6.61 Å². The van der Waals surface area contributed by atoms with Crippen LogP contribution in [0.4, 0.5) is 0 Å². The quantitative estimate of drug-likeness (QED) is 0.473. The van der Waals surface area contributed by atoms with Gasteiger partial charge in [0.15, 0.2) is 0 Å². The first-order valence-electron chi connectivity index (χ1n) is 7.85. The van der Waals surface area contributed by atoms with Gasteiger partial charge in [-0.1, -0.05) is 29.4 Å². The average molecular weight is 320 g/mol. The highest BCUT2D eigenvalue weighted by atomic mass is 28.4. The SMILES string of the molecule is CC(C)=CCC/C(C)=C\CO[Si](C)(C)OCc1cccnc1. The Bertz CT molecular complexity index is 491. The molecule has 0 bridgehead atoms. The van der Waals surface area contributed by atoms with Crippen LogP contribution in [0.25, 0.3) is 0 Å².